The fraction of sp³-hybridized carbons (Fsp3) is 0.500. The van der Waals surface area contributed by atoms with Crippen molar-refractivity contribution in [1.29, 1.82) is 0 Å². The SMILES string of the molecule is C[C@@H]1CNCCN1C(=O)CCc1ccc(Cl)c(Cl)c1. The van der Waals surface area contributed by atoms with Gasteiger partial charge in [-0.15, -0.1) is 0 Å². The summed E-state index contributed by atoms with van der Waals surface area (Å²) in [4.78, 5) is 14.1. The van der Waals surface area contributed by atoms with Crippen LogP contribution in [-0.4, -0.2) is 36.5 Å². The molecule has 0 aromatic heterocycles. The Labute approximate surface area is 123 Å². The van der Waals surface area contributed by atoms with Gasteiger partial charge in [0.2, 0.25) is 5.91 Å². The van der Waals surface area contributed by atoms with Crippen LogP contribution in [0.4, 0.5) is 0 Å². The van der Waals surface area contributed by atoms with Gasteiger partial charge in [0.05, 0.1) is 10.0 Å². The van der Waals surface area contributed by atoms with E-state index in [1.54, 1.807) is 6.07 Å². The lowest BCUT2D eigenvalue weighted by atomic mass is 10.1. The molecule has 0 unspecified atom stereocenters. The normalized spacial score (nSPS) is 19.5. The van der Waals surface area contributed by atoms with E-state index in [0.717, 1.165) is 25.2 Å². The van der Waals surface area contributed by atoms with Crippen LogP contribution in [0.5, 0.6) is 0 Å². The topological polar surface area (TPSA) is 32.3 Å². The first-order valence-corrected chi connectivity index (χ1v) is 7.27. The molecule has 0 spiro atoms. The monoisotopic (exact) mass is 300 g/mol. The molecule has 1 N–H and O–H groups in total. The van der Waals surface area contributed by atoms with Gasteiger partial charge in [-0.3, -0.25) is 4.79 Å². The minimum atomic E-state index is 0.208. The maximum absolute atomic E-state index is 12.2. The number of carbonyl (C=O) groups is 1. The highest BCUT2D eigenvalue weighted by molar-refractivity contribution is 6.42. The lowest BCUT2D eigenvalue weighted by Gasteiger charge is -2.34. The van der Waals surface area contributed by atoms with Crippen molar-refractivity contribution >= 4 is 29.1 Å². The number of hydrogen-bond donors (Lipinski definition) is 1. The molecule has 19 heavy (non-hydrogen) atoms. The number of hydrogen-bond acceptors (Lipinski definition) is 2. The zero-order valence-electron chi connectivity index (χ0n) is 11.0. The Bertz CT molecular complexity index is 465. The van der Waals surface area contributed by atoms with Crippen LogP contribution in [0.1, 0.15) is 18.9 Å². The molecule has 5 heteroatoms. The summed E-state index contributed by atoms with van der Waals surface area (Å²) in [7, 11) is 0. The van der Waals surface area contributed by atoms with Gasteiger partial charge in [0.1, 0.15) is 0 Å². The summed E-state index contributed by atoms with van der Waals surface area (Å²) in [6, 6.07) is 5.80. The molecule has 1 aliphatic heterocycles. The van der Waals surface area contributed by atoms with Gasteiger partial charge in [0, 0.05) is 32.1 Å². The van der Waals surface area contributed by atoms with E-state index in [1.807, 2.05) is 17.0 Å². The summed E-state index contributed by atoms with van der Waals surface area (Å²) in [6.07, 6.45) is 1.22. The van der Waals surface area contributed by atoms with Crippen LogP contribution in [0.3, 0.4) is 0 Å². The quantitative estimate of drug-likeness (QED) is 0.931. The number of nitrogens with zero attached hydrogens (tertiary/aromatic N) is 1. The van der Waals surface area contributed by atoms with Gasteiger partial charge in [-0.05, 0) is 31.0 Å². The third-order valence-electron chi connectivity index (χ3n) is 3.43. The third-order valence-corrected chi connectivity index (χ3v) is 4.17. The van der Waals surface area contributed by atoms with Gasteiger partial charge in [-0.2, -0.15) is 0 Å². The largest absolute Gasteiger partial charge is 0.337 e. The lowest BCUT2D eigenvalue weighted by Crippen LogP contribution is -2.52. The second kappa shape index (κ2) is 6.60. The number of benzene rings is 1. The van der Waals surface area contributed by atoms with Crippen molar-refractivity contribution in [1.82, 2.24) is 10.2 Å². The summed E-state index contributed by atoms with van der Waals surface area (Å²) in [6.45, 7) is 4.62. The molecule has 1 aromatic carbocycles. The molecule has 0 bridgehead atoms. The minimum Gasteiger partial charge on any atom is -0.337 e. The smallest absolute Gasteiger partial charge is 0.223 e. The van der Waals surface area contributed by atoms with Gasteiger partial charge in [-0.25, -0.2) is 0 Å². The molecule has 0 saturated carbocycles. The van der Waals surface area contributed by atoms with Crippen molar-refractivity contribution in [3.63, 3.8) is 0 Å². The molecule has 3 nitrogen and oxygen atoms in total. The molecule has 104 valence electrons. The molecular formula is C14H18Cl2N2O. The number of aryl methyl sites for hydroxylation is 1. The van der Waals surface area contributed by atoms with Gasteiger partial charge in [0.25, 0.3) is 0 Å². The summed E-state index contributed by atoms with van der Waals surface area (Å²) in [5, 5.41) is 4.37. The Hall–Kier alpha value is -0.770. The number of amides is 1. The van der Waals surface area contributed by atoms with Gasteiger partial charge in [-0.1, -0.05) is 29.3 Å². The number of halogens is 2. The average Bonchev–Trinajstić information content (AvgIpc) is 2.40. The van der Waals surface area contributed by atoms with E-state index in [-0.39, 0.29) is 11.9 Å². The van der Waals surface area contributed by atoms with Crippen molar-refractivity contribution in [2.75, 3.05) is 19.6 Å². The highest BCUT2D eigenvalue weighted by Gasteiger charge is 2.22. The van der Waals surface area contributed by atoms with E-state index >= 15 is 0 Å². The van der Waals surface area contributed by atoms with Crippen molar-refractivity contribution in [2.24, 2.45) is 0 Å². The minimum absolute atomic E-state index is 0.208. The summed E-state index contributed by atoms with van der Waals surface area (Å²) in [5.74, 6) is 0.208. The van der Waals surface area contributed by atoms with Crippen molar-refractivity contribution in [2.45, 2.75) is 25.8 Å². The molecule has 1 saturated heterocycles. The van der Waals surface area contributed by atoms with Gasteiger partial charge >= 0.3 is 0 Å². The number of rotatable bonds is 3. The molecule has 1 fully saturated rings. The number of piperazine rings is 1. The standard InChI is InChI=1S/C14H18Cl2N2O/c1-10-9-17-6-7-18(10)14(19)5-3-11-2-4-12(15)13(16)8-11/h2,4,8,10,17H,3,5-7,9H2,1H3/t10-/m1/s1. The fourth-order valence-corrected chi connectivity index (χ4v) is 2.62. The molecule has 0 radical (unpaired) electrons. The molecule has 2 rings (SSSR count). The van der Waals surface area contributed by atoms with Gasteiger partial charge in [0.15, 0.2) is 0 Å². The maximum atomic E-state index is 12.2. The highest BCUT2D eigenvalue weighted by atomic mass is 35.5. The molecule has 1 amide bonds. The molecular weight excluding hydrogens is 283 g/mol. The predicted molar refractivity (Wildman–Crippen MR) is 78.8 cm³/mol. The lowest BCUT2D eigenvalue weighted by molar-refractivity contribution is -0.133. The van der Waals surface area contributed by atoms with Crippen LogP contribution in [0.25, 0.3) is 0 Å². The number of carbonyl (C=O) groups excluding carboxylic acids is 1. The molecule has 1 heterocycles. The Balaban J connectivity index is 1.90. The Morgan fingerprint density at radius 1 is 1.42 bits per heavy atom. The Morgan fingerprint density at radius 3 is 2.89 bits per heavy atom. The van der Waals surface area contributed by atoms with Crippen LogP contribution in [0.2, 0.25) is 10.0 Å². The maximum Gasteiger partial charge on any atom is 0.223 e. The zero-order chi connectivity index (χ0) is 13.8. The molecule has 1 aromatic rings. The van der Waals surface area contributed by atoms with Crippen LogP contribution in [-0.2, 0) is 11.2 Å². The Kier molecular flexibility index (Phi) is 5.08. The second-order valence-corrected chi connectivity index (χ2v) is 5.70. The van der Waals surface area contributed by atoms with E-state index in [0.29, 0.717) is 22.9 Å². The first kappa shape index (κ1) is 14.6. The fourth-order valence-electron chi connectivity index (χ4n) is 2.30. The van der Waals surface area contributed by atoms with Crippen LogP contribution >= 0.6 is 23.2 Å². The third kappa shape index (κ3) is 3.85. The van der Waals surface area contributed by atoms with Crippen LogP contribution in [0, 0.1) is 0 Å². The second-order valence-electron chi connectivity index (χ2n) is 4.89. The highest BCUT2D eigenvalue weighted by Crippen LogP contribution is 2.23. The van der Waals surface area contributed by atoms with Crippen molar-refractivity contribution in [3.8, 4) is 0 Å². The van der Waals surface area contributed by atoms with Gasteiger partial charge < -0.3 is 10.2 Å². The van der Waals surface area contributed by atoms with Crippen LogP contribution in [0.15, 0.2) is 18.2 Å². The Morgan fingerprint density at radius 2 is 2.21 bits per heavy atom. The van der Waals surface area contributed by atoms with Crippen LogP contribution < -0.4 is 5.32 Å². The molecule has 1 aliphatic rings. The first-order chi connectivity index (χ1) is 9.08. The van der Waals surface area contributed by atoms with E-state index in [9.17, 15) is 4.79 Å². The van der Waals surface area contributed by atoms with E-state index in [4.69, 9.17) is 23.2 Å². The van der Waals surface area contributed by atoms with E-state index < -0.39 is 0 Å². The first-order valence-electron chi connectivity index (χ1n) is 6.52. The number of nitrogens with one attached hydrogen (secondary N) is 1. The predicted octanol–water partition coefficient (Wildman–Crippen LogP) is 2.75. The van der Waals surface area contributed by atoms with E-state index in [2.05, 4.69) is 12.2 Å². The summed E-state index contributed by atoms with van der Waals surface area (Å²) < 4.78 is 0. The molecule has 0 aliphatic carbocycles. The average molecular weight is 301 g/mol. The van der Waals surface area contributed by atoms with Crippen molar-refractivity contribution < 1.29 is 4.79 Å². The van der Waals surface area contributed by atoms with Crippen molar-refractivity contribution in [3.05, 3.63) is 33.8 Å². The zero-order valence-corrected chi connectivity index (χ0v) is 12.5. The summed E-state index contributed by atoms with van der Waals surface area (Å²) >= 11 is 11.8. The van der Waals surface area contributed by atoms with E-state index in [1.165, 1.54) is 0 Å². The summed E-state index contributed by atoms with van der Waals surface area (Å²) in [5.41, 5.74) is 1.05. The molecule has 1 atom stereocenters.